The zero-order valence-corrected chi connectivity index (χ0v) is 10.8. The minimum atomic E-state index is -0.769. The fourth-order valence-corrected chi connectivity index (χ4v) is 1.73. The third-order valence-electron chi connectivity index (χ3n) is 2.95. The average Bonchev–Trinajstić information content (AvgIpc) is 2.72. The first kappa shape index (κ1) is 14.3. The molecular weight excluding hydrogens is 232 g/mol. The van der Waals surface area contributed by atoms with Gasteiger partial charge in [-0.3, -0.25) is 9.59 Å². The summed E-state index contributed by atoms with van der Waals surface area (Å²) in [5.74, 6) is -0.558. The second kappa shape index (κ2) is 6.83. The molecule has 0 radical (unpaired) electrons. The first-order valence-electron chi connectivity index (χ1n) is 6.12. The van der Waals surface area contributed by atoms with E-state index in [0.717, 1.165) is 6.42 Å². The summed E-state index contributed by atoms with van der Waals surface area (Å²) in [5.41, 5.74) is 0.633. The maximum Gasteiger partial charge on any atom is 0.303 e. The van der Waals surface area contributed by atoms with Gasteiger partial charge in [-0.2, -0.15) is 0 Å². The molecule has 100 valence electrons. The van der Waals surface area contributed by atoms with E-state index >= 15 is 0 Å². The smallest absolute Gasteiger partial charge is 0.303 e. The van der Waals surface area contributed by atoms with Crippen LogP contribution in [-0.4, -0.2) is 28.1 Å². The molecule has 1 atom stereocenters. The van der Waals surface area contributed by atoms with Crippen LogP contribution in [0.3, 0.4) is 0 Å². The van der Waals surface area contributed by atoms with Gasteiger partial charge in [0, 0.05) is 26.2 Å². The van der Waals surface area contributed by atoms with Crippen molar-refractivity contribution in [3.05, 3.63) is 24.0 Å². The van der Waals surface area contributed by atoms with Crippen LogP contribution in [0, 0.1) is 5.92 Å². The highest BCUT2D eigenvalue weighted by Gasteiger charge is 2.09. The van der Waals surface area contributed by atoms with E-state index in [-0.39, 0.29) is 12.3 Å². The number of aryl methyl sites for hydroxylation is 1. The molecule has 2 N–H and O–H groups in total. The first-order chi connectivity index (χ1) is 8.50. The van der Waals surface area contributed by atoms with Crippen molar-refractivity contribution in [3.63, 3.8) is 0 Å². The maximum absolute atomic E-state index is 11.7. The minimum Gasteiger partial charge on any atom is -0.481 e. The molecule has 1 amide bonds. The summed E-state index contributed by atoms with van der Waals surface area (Å²) < 4.78 is 1.77. The van der Waals surface area contributed by atoms with Crippen molar-refractivity contribution in [1.82, 2.24) is 9.88 Å². The highest BCUT2D eigenvalue weighted by Crippen LogP contribution is 2.09. The number of hydrogen-bond acceptors (Lipinski definition) is 2. The maximum atomic E-state index is 11.7. The Labute approximate surface area is 107 Å². The van der Waals surface area contributed by atoms with Gasteiger partial charge >= 0.3 is 5.97 Å². The molecule has 1 rings (SSSR count). The van der Waals surface area contributed by atoms with Gasteiger partial charge in [0.25, 0.3) is 5.91 Å². The Hall–Kier alpha value is -1.78. The highest BCUT2D eigenvalue weighted by atomic mass is 16.4. The molecule has 18 heavy (non-hydrogen) atoms. The Morgan fingerprint density at radius 1 is 1.44 bits per heavy atom. The first-order valence-corrected chi connectivity index (χ1v) is 6.12. The summed E-state index contributed by atoms with van der Waals surface area (Å²) in [4.78, 5) is 22.2. The van der Waals surface area contributed by atoms with E-state index in [1.807, 2.05) is 26.2 Å². The summed E-state index contributed by atoms with van der Waals surface area (Å²) in [6, 6.07) is 3.59. The van der Waals surface area contributed by atoms with E-state index in [1.165, 1.54) is 0 Å². The molecule has 1 aromatic heterocycles. The number of carboxylic acids is 1. The molecule has 1 unspecified atom stereocenters. The molecule has 0 aliphatic heterocycles. The normalized spacial score (nSPS) is 12.1. The molecular formula is C13H20N2O3. The third kappa shape index (κ3) is 4.61. The topological polar surface area (TPSA) is 71.3 Å². The van der Waals surface area contributed by atoms with Crippen LogP contribution in [0.1, 0.15) is 36.7 Å². The molecule has 0 aliphatic carbocycles. The summed E-state index contributed by atoms with van der Waals surface area (Å²) in [6.07, 6.45) is 3.45. The molecule has 0 fully saturated rings. The third-order valence-corrected chi connectivity index (χ3v) is 2.95. The molecule has 0 aliphatic rings. The number of aliphatic carboxylic acids is 1. The van der Waals surface area contributed by atoms with Gasteiger partial charge in [-0.15, -0.1) is 0 Å². The standard InChI is InChI=1S/C13H20N2O3/c1-10(5-6-12(16)17)7-8-14-13(18)11-4-3-9-15(11)2/h3-4,9-10H,5-8H2,1-2H3,(H,14,18)(H,16,17). The minimum absolute atomic E-state index is 0.0899. The van der Waals surface area contributed by atoms with Gasteiger partial charge in [-0.05, 0) is 30.9 Å². The van der Waals surface area contributed by atoms with Crippen molar-refractivity contribution < 1.29 is 14.7 Å². The fraction of sp³-hybridized carbons (Fsp3) is 0.538. The van der Waals surface area contributed by atoms with Crippen molar-refractivity contribution in [1.29, 1.82) is 0 Å². The number of rotatable bonds is 7. The second-order valence-corrected chi connectivity index (χ2v) is 4.59. The quantitative estimate of drug-likeness (QED) is 0.775. The largest absolute Gasteiger partial charge is 0.481 e. The molecule has 5 heteroatoms. The van der Waals surface area contributed by atoms with E-state index in [0.29, 0.717) is 24.6 Å². The van der Waals surface area contributed by atoms with Crippen molar-refractivity contribution in [2.45, 2.75) is 26.2 Å². The number of nitrogens with one attached hydrogen (secondary N) is 1. The second-order valence-electron chi connectivity index (χ2n) is 4.59. The van der Waals surface area contributed by atoms with E-state index in [2.05, 4.69) is 5.32 Å². The number of nitrogens with zero attached hydrogens (tertiary/aromatic N) is 1. The van der Waals surface area contributed by atoms with Gasteiger partial charge in [-0.25, -0.2) is 0 Å². The Bertz CT molecular complexity index is 412. The van der Waals surface area contributed by atoms with Gasteiger partial charge in [0.15, 0.2) is 0 Å². The molecule has 1 aromatic rings. The van der Waals surface area contributed by atoms with Gasteiger partial charge in [0.05, 0.1) is 0 Å². The van der Waals surface area contributed by atoms with Crippen LogP contribution in [0.15, 0.2) is 18.3 Å². The van der Waals surface area contributed by atoms with Crippen LogP contribution in [0.2, 0.25) is 0 Å². The summed E-state index contributed by atoms with van der Waals surface area (Å²) >= 11 is 0. The fourth-order valence-electron chi connectivity index (χ4n) is 1.73. The molecule has 0 bridgehead atoms. The van der Waals surface area contributed by atoms with Gasteiger partial charge in [0.2, 0.25) is 0 Å². The number of carbonyl (C=O) groups is 2. The van der Waals surface area contributed by atoms with E-state index in [1.54, 1.807) is 10.6 Å². The van der Waals surface area contributed by atoms with Crippen LogP contribution in [-0.2, 0) is 11.8 Å². The summed E-state index contributed by atoms with van der Waals surface area (Å²) in [6.45, 7) is 2.57. The Morgan fingerprint density at radius 2 is 2.17 bits per heavy atom. The van der Waals surface area contributed by atoms with Crippen LogP contribution in [0.25, 0.3) is 0 Å². The van der Waals surface area contributed by atoms with Crippen LogP contribution in [0.4, 0.5) is 0 Å². The van der Waals surface area contributed by atoms with Crippen molar-refractivity contribution in [2.75, 3.05) is 6.54 Å². The average molecular weight is 252 g/mol. The Morgan fingerprint density at radius 3 is 2.72 bits per heavy atom. The van der Waals surface area contributed by atoms with Gasteiger partial charge in [-0.1, -0.05) is 6.92 Å². The van der Waals surface area contributed by atoms with Crippen LogP contribution < -0.4 is 5.32 Å². The Kier molecular flexibility index (Phi) is 5.42. The molecule has 1 heterocycles. The van der Waals surface area contributed by atoms with Crippen LogP contribution >= 0.6 is 0 Å². The van der Waals surface area contributed by atoms with E-state index < -0.39 is 5.97 Å². The number of hydrogen-bond donors (Lipinski definition) is 2. The Balaban J connectivity index is 2.24. The van der Waals surface area contributed by atoms with Gasteiger partial charge in [0.1, 0.15) is 5.69 Å². The highest BCUT2D eigenvalue weighted by molar-refractivity contribution is 5.92. The van der Waals surface area contributed by atoms with Crippen molar-refractivity contribution >= 4 is 11.9 Å². The zero-order valence-electron chi connectivity index (χ0n) is 10.8. The number of amides is 1. The SMILES string of the molecule is CC(CCNC(=O)c1cccn1C)CCC(=O)O. The molecule has 0 spiro atoms. The summed E-state index contributed by atoms with van der Waals surface area (Å²) in [7, 11) is 1.82. The van der Waals surface area contributed by atoms with E-state index in [4.69, 9.17) is 5.11 Å². The van der Waals surface area contributed by atoms with E-state index in [9.17, 15) is 9.59 Å². The van der Waals surface area contributed by atoms with Crippen molar-refractivity contribution in [3.8, 4) is 0 Å². The number of carboxylic acid groups (broad SMARTS) is 1. The monoisotopic (exact) mass is 252 g/mol. The number of carbonyl (C=O) groups excluding carboxylic acids is 1. The predicted octanol–water partition coefficient (Wildman–Crippen LogP) is 1.65. The predicted molar refractivity (Wildman–Crippen MR) is 68.4 cm³/mol. The zero-order chi connectivity index (χ0) is 13.5. The number of aromatic nitrogens is 1. The summed E-state index contributed by atoms with van der Waals surface area (Å²) in [5, 5.41) is 11.4. The lowest BCUT2D eigenvalue weighted by molar-refractivity contribution is -0.137. The lowest BCUT2D eigenvalue weighted by Crippen LogP contribution is -2.27. The molecule has 0 aromatic carbocycles. The van der Waals surface area contributed by atoms with Crippen molar-refractivity contribution in [2.24, 2.45) is 13.0 Å². The molecule has 5 nitrogen and oxygen atoms in total. The van der Waals surface area contributed by atoms with Gasteiger partial charge < -0.3 is 15.0 Å². The lowest BCUT2D eigenvalue weighted by Gasteiger charge is -2.11. The molecule has 0 saturated heterocycles. The lowest BCUT2D eigenvalue weighted by atomic mass is 10.0. The van der Waals surface area contributed by atoms with Crippen LogP contribution in [0.5, 0.6) is 0 Å². The molecule has 0 saturated carbocycles.